The van der Waals surface area contributed by atoms with Crippen molar-refractivity contribution in [2.24, 2.45) is 0 Å². The molecule has 1 aliphatic heterocycles. The van der Waals surface area contributed by atoms with Gasteiger partial charge < -0.3 is 4.74 Å². The lowest BCUT2D eigenvalue weighted by Crippen LogP contribution is -2.48. The summed E-state index contributed by atoms with van der Waals surface area (Å²) in [4.78, 5) is 25.9. The van der Waals surface area contributed by atoms with E-state index in [2.05, 4.69) is 12.1 Å². The van der Waals surface area contributed by atoms with Crippen LogP contribution in [0.5, 0.6) is 0 Å². The number of esters is 1. The van der Waals surface area contributed by atoms with Crippen LogP contribution in [0, 0.1) is 0 Å². The molecule has 1 aliphatic rings. The van der Waals surface area contributed by atoms with Gasteiger partial charge in [0.1, 0.15) is 6.04 Å². The second kappa shape index (κ2) is 5.79. The number of carbonyl (C=O) groups is 2. The lowest BCUT2D eigenvalue weighted by atomic mass is 9.91. The molecule has 0 bridgehead atoms. The average Bonchev–Trinajstić information content (AvgIpc) is 2.53. The Kier molecular flexibility index (Phi) is 3.84. The van der Waals surface area contributed by atoms with E-state index >= 15 is 0 Å². The summed E-state index contributed by atoms with van der Waals surface area (Å²) in [6, 6.07) is 11.5. The first kappa shape index (κ1) is 14.6. The summed E-state index contributed by atoms with van der Waals surface area (Å²) in [6.07, 6.45) is 1.36. The van der Waals surface area contributed by atoms with E-state index in [1.54, 1.807) is 11.8 Å². The number of aryl methyl sites for hydroxylation is 1. The van der Waals surface area contributed by atoms with Crippen molar-refractivity contribution in [2.75, 3.05) is 11.5 Å². The highest BCUT2D eigenvalue weighted by Gasteiger charge is 2.35. The zero-order chi connectivity index (χ0) is 15.7. The van der Waals surface area contributed by atoms with E-state index in [1.165, 1.54) is 6.92 Å². The fourth-order valence-corrected chi connectivity index (χ4v) is 3.24. The Morgan fingerprint density at radius 3 is 2.73 bits per heavy atom. The summed E-state index contributed by atoms with van der Waals surface area (Å²) in [5, 5.41) is 2.30. The van der Waals surface area contributed by atoms with Gasteiger partial charge in [-0.15, -0.1) is 0 Å². The van der Waals surface area contributed by atoms with Crippen molar-refractivity contribution in [1.29, 1.82) is 0 Å². The third-order valence-corrected chi connectivity index (χ3v) is 4.15. The number of benzene rings is 2. The summed E-state index contributed by atoms with van der Waals surface area (Å²) in [6.45, 7) is 3.60. The first-order valence-corrected chi connectivity index (χ1v) is 7.60. The molecule has 3 rings (SSSR count). The average molecular weight is 297 g/mol. The van der Waals surface area contributed by atoms with Gasteiger partial charge in [0.25, 0.3) is 0 Å². The number of hydrogen-bond acceptors (Lipinski definition) is 3. The van der Waals surface area contributed by atoms with Crippen LogP contribution >= 0.6 is 0 Å². The number of fused-ring (bicyclic) bond motifs is 3. The van der Waals surface area contributed by atoms with Gasteiger partial charge in [0, 0.05) is 12.6 Å². The first-order chi connectivity index (χ1) is 10.6. The second-order valence-electron chi connectivity index (χ2n) is 5.48. The van der Waals surface area contributed by atoms with E-state index in [0.29, 0.717) is 13.0 Å². The SMILES string of the molecule is CCOC(=O)C1CCc2c(ccc3ccccc23)N1C(C)=O. The Balaban J connectivity index is 2.11. The van der Waals surface area contributed by atoms with Crippen molar-refractivity contribution in [2.45, 2.75) is 32.7 Å². The molecule has 22 heavy (non-hydrogen) atoms. The third kappa shape index (κ3) is 2.34. The quantitative estimate of drug-likeness (QED) is 0.800. The maximum Gasteiger partial charge on any atom is 0.329 e. The van der Waals surface area contributed by atoms with Crippen LogP contribution in [0.3, 0.4) is 0 Å². The van der Waals surface area contributed by atoms with Gasteiger partial charge in [0.05, 0.1) is 6.61 Å². The number of carbonyl (C=O) groups excluding carboxylic acids is 2. The van der Waals surface area contributed by atoms with Crippen LogP contribution in [-0.2, 0) is 20.7 Å². The summed E-state index contributed by atoms with van der Waals surface area (Å²) in [5.41, 5.74) is 1.96. The Bertz CT molecular complexity index is 738. The number of amides is 1. The van der Waals surface area contributed by atoms with E-state index in [4.69, 9.17) is 4.74 Å². The smallest absolute Gasteiger partial charge is 0.329 e. The molecule has 1 amide bonds. The molecule has 4 nitrogen and oxygen atoms in total. The van der Waals surface area contributed by atoms with E-state index in [-0.39, 0.29) is 11.9 Å². The predicted octanol–water partition coefficient (Wildman–Crippen LogP) is 3.07. The minimum Gasteiger partial charge on any atom is -0.464 e. The molecular formula is C18H19NO3. The van der Waals surface area contributed by atoms with Crippen molar-refractivity contribution in [1.82, 2.24) is 0 Å². The topological polar surface area (TPSA) is 46.6 Å². The highest BCUT2D eigenvalue weighted by Crippen LogP contribution is 2.36. The van der Waals surface area contributed by atoms with Gasteiger partial charge in [-0.1, -0.05) is 30.3 Å². The van der Waals surface area contributed by atoms with Crippen LogP contribution in [-0.4, -0.2) is 24.5 Å². The lowest BCUT2D eigenvalue weighted by molar-refractivity contribution is -0.146. The Morgan fingerprint density at radius 2 is 2.00 bits per heavy atom. The molecule has 0 spiro atoms. The maximum absolute atomic E-state index is 12.2. The van der Waals surface area contributed by atoms with E-state index < -0.39 is 6.04 Å². The molecule has 2 aromatic rings. The molecule has 2 aromatic carbocycles. The van der Waals surface area contributed by atoms with Gasteiger partial charge >= 0.3 is 5.97 Å². The third-order valence-electron chi connectivity index (χ3n) is 4.15. The summed E-state index contributed by atoms with van der Waals surface area (Å²) < 4.78 is 5.13. The second-order valence-corrected chi connectivity index (χ2v) is 5.48. The van der Waals surface area contributed by atoms with Crippen molar-refractivity contribution in [3.8, 4) is 0 Å². The van der Waals surface area contributed by atoms with E-state index in [1.807, 2.05) is 24.3 Å². The first-order valence-electron chi connectivity index (χ1n) is 7.60. The molecule has 1 heterocycles. The Labute approximate surface area is 129 Å². The van der Waals surface area contributed by atoms with Crippen LogP contribution in [0.2, 0.25) is 0 Å². The van der Waals surface area contributed by atoms with Crippen LogP contribution in [0.1, 0.15) is 25.8 Å². The summed E-state index contributed by atoms with van der Waals surface area (Å²) >= 11 is 0. The molecule has 0 radical (unpaired) electrons. The minimum absolute atomic E-state index is 0.130. The molecule has 1 atom stereocenters. The normalized spacial score (nSPS) is 17.2. The molecule has 0 fully saturated rings. The predicted molar refractivity (Wildman–Crippen MR) is 85.9 cm³/mol. The van der Waals surface area contributed by atoms with Gasteiger partial charge in [-0.2, -0.15) is 0 Å². The molecule has 0 N–H and O–H groups in total. The number of nitrogens with zero attached hydrogens (tertiary/aromatic N) is 1. The number of rotatable bonds is 2. The standard InChI is InChI=1S/C18H19NO3/c1-3-22-18(21)17-11-9-15-14-7-5-4-6-13(14)8-10-16(15)19(17)12(2)20/h4-8,10,17H,3,9,11H2,1-2H3. The molecule has 0 aromatic heterocycles. The van der Waals surface area contributed by atoms with Gasteiger partial charge in [0.15, 0.2) is 0 Å². The monoisotopic (exact) mass is 297 g/mol. The van der Waals surface area contributed by atoms with Crippen molar-refractivity contribution < 1.29 is 14.3 Å². The zero-order valence-corrected chi connectivity index (χ0v) is 12.8. The summed E-state index contributed by atoms with van der Waals surface area (Å²) in [5.74, 6) is -0.453. The summed E-state index contributed by atoms with van der Waals surface area (Å²) in [7, 11) is 0. The van der Waals surface area contributed by atoms with Gasteiger partial charge in [-0.05, 0) is 42.2 Å². The molecule has 0 saturated carbocycles. The van der Waals surface area contributed by atoms with Crippen LogP contribution < -0.4 is 4.90 Å². The highest BCUT2D eigenvalue weighted by atomic mass is 16.5. The Hall–Kier alpha value is -2.36. The molecular weight excluding hydrogens is 278 g/mol. The molecule has 0 saturated heterocycles. The van der Waals surface area contributed by atoms with Crippen LogP contribution in [0.25, 0.3) is 10.8 Å². The van der Waals surface area contributed by atoms with Crippen molar-refractivity contribution in [3.05, 3.63) is 42.0 Å². The molecule has 0 aliphatic carbocycles. The number of hydrogen-bond donors (Lipinski definition) is 0. The lowest BCUT2D eigenvalue weighted by Gasteiger charge is -2.35. The molecule has 1 unspecified atom stereocenters. The molecule has 114 valence electrons. The maximum atomic E-state index is 12.2. The van der Waals surface area contributed by atoms with Crippen molar-refractivity contribution >= 4 is 28.3 Å². The zero-order valence-electron chi connectivity index (χ0n) is 12.8. The van der Waals surface area contributed by atoms with Gasteiger partial charge in [0.2, 0.25) is 5.91 Å². The number of anilines is 1. The molecule has 4 heteroatoms. The Morgan fingerprint density at radius 1 is 1.23 bits per heavy atom. The van der Waals surface area contributed by atoms with Crippen molar-refractivity contribution in [3.63, 3.8) is 0 Å². The minimum atomic E-state index is -0.522. The number of ether oxygens (including phenoxy) is 1. The highest BCUT2D eigenvalue weighted by molar-refractivity contribution is 6.03. The van der Waals surface area contributed by atoms with Crippen LogP contribution in [0.15, 0.2) is 36.4 Å². The fraction of sp³-hybridized carbons (Fsp3) is 0.333. The van der Waals surface area contributed by atoms with E-state index in [0.717, 1.165) is 28.4 Å². The van der Waals surface area contributed by atoms with Gasteiger partial charge in [-0.25, -0.2) is 4.79 Å². The van der Waals surface area contributed by atoms with Crippen LogP contribution in [0.4, 0.5) is 5.69 Å². The largest absolute Gasteiger partial charge is 0.464 e. The van der Waals surface area contributed by atoms with E-state index in [9.17, 15) is 9.59 Å². The van der Waals surface area contributed by atoms with Gasteiger partial charge in [-0.3, -0.25) is 9.69 Å². The fourth-order valence-electron chi connectivity index (χ4n) is 3.24.